The largest absolute Gasteiger partial charge is 0.306 e. The van der Waals surface area contributed by atoms with Crippen molar-refractivity contribution in [2.24, 2.45) is 0 Å². The topological polar surface area (TPSA) is 27.0 Å². The van der Waals surface area contributed by atoms with Crippen LogP contribution < -0.4 is 0 Å². The first-order valence-electron chi connectivity index (χ1n) is 10.9. The monoisotopic (exact) mass is 454 g/mol. The number of benzene rings is 2. The Balaban J connectivity index is 0.000000941. The first-order chi connectivity index (χ1) is 14.1. The van der Waals surface area contributed by atoms with Crippen LogP contribution in [-0.2, 0) is 12.8 Å². The van der Waals surface area contributed by atoms with Crippen molar-refractivity contribution >= 4 is 15.9 Å². The molecular weight excluding hydrogens is 420 g/mol. The summed E-state index contributed by atoms with van der Waals surface area (Å²) in [6.07, 6.45) is 8.96. The number of rotatable bonds is 8. The second-order valence-electron chi connectivity index (χ2n) is 8.01. The zero-order valence-electron chi connectivity index (χ0n) is 18.0. The van der Waals surface area contributed by atoms with Crippen LogP contribution >= 0.6 is 15.9 Å². The molecule has 0 bridgehead atoms. The maximum atomic E-state index is 7.32. The Kier molecular flexibility index (Phi) is 11.1. The molecular formula is C26H35BrN2. The highest BCUT2D eigenvalue weighted by molar-refractivity contribution is 9.09. The number of nitriles is 1. The molecule has 1 aliphatic rings. The molecule has 3 rings (SSSR count). The summed E-state index contributed by atoms with van der Waals surface area (Å²) in [5.41, 5.74) is 4.44. The fourth-order valence-electron chi connectivity index (χ4n) is 4.02. The van der Waals surface area contributed by atoms with Crippen LogP contribution in [0.25, 0.3) is 0 Å². The van der Waals surface area contributed by atoms with Gasteiger partial charge in [-0.15, -0.1) is 0 Å². The molecule has 1 fully saturated rings. The molecule has 3 heteroatoms. The Morgan fingerprint density at radius 3 is 2.21 bits per heavy atom. The molecule has 0 aromatic heterocycles. The van der Waals surface area contributed by atoms with Crippen LogP contribution in [0.1, 0.15) is 61.6 Å². The van der Waals surface area contributed by atoms with Crippen molar-refractivity contribution < 1.29 is 0 Å². The minimum absolute atomic E-state index is 0.667. The van der Waals surface area contributed by atoms with Crippen LogP contribution in [0.4, 0.5) is 0 Å². The van der Waals surface area contributed by atoms with Crippen molar-refractivity contribution in [3.8, 4) is 6.07 Å². The van der Waals surface area contributed by atoms with Crippen LogP contribution in [0.3, 0.4) is 0 Å². The standard InChI is InChI=1S/C24H32BrN.C2H3N/c1-26(19-17-20-8-3-2-4-9-20)18-7-10-21-13-15-22(16-14-21)23-11-5-6-12-24(23)25;1-2-3/h2-4,8-9,13-16,23-24H,5-7,10-12,17-19H2,1H3;1H3. The lowest BCUT2D eigenvalue weighted by atomic mass is 9.83. The van der Waals surface area contributed by atoms with Gasteiger partial charge >= 0.3 is 0 Å². The first-order valence-corrected chi connectivity index (χ1v) is 11.8. The first kappa shape index (κ1) is 23.6. The molecule has 1 saturated carbocycles. The van der Waals surface area contributed by atoms with E-state index < -0.39 is 0 Å². The smallest absolute Gasteiger partial charge is 0.0587 e. The molecule has 2 aromatic rings. The van der Waals surface area contributed by atoms with Crippen LogP contribution in [0.2, 0.25) is 0 Å². The number of alkyl halides is 1. The highest BCUT2D eigenvalue weighted by Gasteiger charge is 2.23. The number of hydrogen-bond acceptors (Lipinski definition) is 2. The summed E-state index contributed by atoms with van der Waals surface area (Å²) in [6, 6.07) is 22.0. The number of likely N-dealkylation sites (N-methyl/N-ethyl adjacent to an activating group) is 1. The lowest BCUT2D eigenvalue weighted by Crippen LogP contribution is -2.22. The van der Waals surface area contributed by atoms with Crippen molar-refractivity contribution in [3.05, 3.63) is 71.3 Å². The minimum Gasteiger partial charge on any atom is -0.306 e. The lowest BCUT2D eigenvalue weighted by Gasteiger charge is -2.27. The van der Waals surface area contributed by atoms with Crippen LogP contribution in [-0.4, -0.2) is 29.9 Å². The average molecular weight is 455 g/mol. The molecule has 2 atom stereocenters. The van der Waals surface area contributed by atoms with Gasteiger partial charge in [-0.3, -0.25) is 0 Å². The van der Waals surface area contributed by atoms with Gasteiger partial charge in [-0.2, -0.15) is 5.26 Å². The van der Waals surface area contributed by atoms with Crippen LogP contribution in [0.15, 0.2) is 54.6 Å². The van der Waals surface area contributed by atoms with E-state index in [0.29, 0.717) is 10.7 Å². The van der Waals surface area contributed by atoms with Crippen molar-refractivity contribution in [3.63, 3.8) is 0 Å². The second kappa shape index (κ2) is 13.6. The molecule has 0 heterocycles. The van der Waals surface area contributed by atoms with E-state index in [1.807, 2.05) is 0 Å². The molecule has 0 N–H and O–H groups in total. The van der Waals surface area contributed by atoms with Gasteiger partial charge in [0.25, 0.3) is 0 Å². The number of nitrogens with zero attached hydrogens (tertiary/aromatic N) is 2. The predicted molar refractivity (Wildman–Crippen MR) is 128 cm³/mol. The maximum Gasteiger partial charge on any atom is 0.0587 e. The maximum absolute atomic E-state index is 7.32. The van der Waals surface area contributed by atoms with E-state index in [1.54, 1.807) is 6.07 Å². The van der Waals surface area contributed by atoms with Gasteiger partial charge in [0.2, 0.25) is 0 Å². The van der Waals surface area contributed by atoms with Crippen LogP contribution in [0, 0.1) is 11.3 Å². The Morgan fingerprint density at radius 1 is 0.931 bits per heavy atom. The third-order valence-corrected chi connectivity index (χ3v) is 6.82. The molecule has 0 spiro atoms. The predicted octanol–water partition coefficient (Wildman–Crippen LogP) is 6.74. The van der Waals surface area contributed by atoms with Crippen LogP contribution in [0.5, 0.6) is 0 Å². The fourth-order valence-corrected chi connectivity index (χ4v) is 4.92. The third kappa shape index (κ3) is 8.72. The quantitative estimate of drug-likeness (QED) is 0.412. The number of hydrogen-bond donors (Lipinski definition) is 0. The van der Waals surface area contributed by atoms with Gasteiger partial charge in [0.1, 0.15) is 0 Å². The molecule has 29 heavy (non-hydrogen) atoms. The molecule has 1 aliphatic carbocycles. The summed E-state index contributed by atoms with van der Waals surface area (Å²) in [7, 11) is 2.24. The minimum atomic E-state index is 0.667. The molecule has 2 aromatic carbocycles. The summed E-state index contributed by atoms with van der Waals surface area (Å²) in [6.45, 7) is 3.73. The van der Waals surface area contributed by atoms with Gasteiger partial charge in [0.05, 0.1) is 6.07 Å². The van der Waals surface area contributed by atoms with E-state index in [2.05, 4.69) is 82.5 Å². The molecule has 0 amide bonds. The lowest BCUT2D eigenvalue weighted by molar-refractivity contribution is 0.333. The van der Waals surface area contributed by atoms with Crippen molar-refractivity contribution in [2.45, 2.75) is 62.6 Å². The molecule has 2 unspecified atom stereocenters. The van der Waals surface area contributed by atoms with E-state index in [0.717, 1.165) is 13.0 Å². The summed E-state index contributed by atoms with van der Waals surface area (Å²) in [5.74, 6) is 0.710. The normalized spacial score (nSPS) is 18.6. The highest BCUT2D eigenvalue weighted by Crippen LogP contribution is 2.37. The second-order valence-corrected chi connectivity index (χ2v) is 9.19. The molecule has 156 valence electrons. The summed E-state index contributed by atoms with van der Waals surface area (Å²) < 4.78 is 0. The Morgan fingerprint density at radius 2 is 1.55 bits per heavy atom. The molecule has 0 aliphatic heterocycles. The van der Waals surface area contributed by atoms with E-state index in [9.17, 15) is 0 Å². The van der Waals surface area contributed by atoms with Crippen molar-refractivity contribution in [1.82, 2.24) is 4.90 Å². The van der Waals surface area contributed by atoms with E-state index >= 15 is 0 Å². The highest BCUT2D eigenvalue weighted by atomic mass is 79.9. The number of aryl methyl sites for hydroxylation is 1. The van der Waals surface area contributed by atoms with E-state index in [4.69, 9.17) is 5.26 Å². The van der Waals surface area contributed by atoms with Gasteiger partial charge in [-0.25, -0.2) is 0 Å². The van der Waals surface area contributed by atoms with E-state index in [-0.39, 0.29) is 0 Å². The van der Waals surface area contributed by atoms with Gasteiger partial charge in [0, 0.05) is 18.3 Å². The van der Waals surface area contributed by atoms with Gasteiger partial charge < -0.3 is 4.90 Å². The Bertz CT molecular complexity index is 721. The van der Waals surface area contributed by atoms with Crippen molar-refractivity contribution in [2.75, 3.05) is 20.1 Å². The SMILES string of the molecule is CC#N.CN(CCCc1ccc(C2CCCCC2Br)cc1)CCc1ccccc1. The van der Waals surface area contributed by atoms with Gasteiger partial charge in [0.15, 0.2) is 0 Å². The fraction of sp³-hybridized carbons (Fsp3) is 0.500. The molecule has 0 saturated heterocycles. The van der Waals surface area contributed by atoms with Crippen molar-refractivity contribution in [1.29, 1.82) is 5.26 Å². The summed E-state index contributed by atoms with van der Waals surface area (Å²) >= 11 is 3.89. The van der Waals surface area contributed by atoms with Gasteiger partial charge in [-0.1, -0.05) is 83.4 Å². The van der Waals surface area contributed by atoms with Gasteiger partial charge in [-0.05, 0) is 68.3 Å². The zero-order chi connectivity index (χ0) is 20.9. The Hall–Kier alpha value is -1.63. The number of halogens is 1. The van der Waals surface area contributed by atoms with E-state index in [1.165, 1.54) is 68.7 Å². The molecule has 0 radical (unpaired) electrons. The summed E-state index contributed by atoms with van der Waals surface area (Å²) in [4.78, 5) is 3.12. The molecule has 2 nitrogen and oxygen atoms in total. The third-order valence-electron chi connectivity index (χ3n) is 5.72. The Labute approximate surface area is 186 Å². The summed E-state index contributed by atoms with van der Waals surface area (Å²) in [5, 5.41) is 7.32. The average Bonchev–Trinajstić information content (AvgIpc) is 2.75. The zero-order valence-corrected chi connectivity index (χ0v) is 19.6.